The molecule has 1 aromatic heterocycles. The second-order valence-electron chi connectivity index (χ2n) is 7.46. The van der Waals surface area contributed by atoms with Gasteiger partial charge in [-0.05, 0) is 75.5 Å². The fourth-order valence-electron chi connectivity index (χ4n) is 4.03. The predicted octanol–water partition coefficient (Wildman–Crippen LogP) is 3.00. The Hall–Kier alpha value is -0.910. The van der Waals surface area contributed by atoms with Crippen molar-refractivity contribution < 1.29 is 4.79 Å². The average Bonchev–Trinajstić information content (AvgIpc) is 3.08. The van der Waals surface area contributed by atoms with Crippen molar-refractivity contribution in [3.05, 3.63) is 22.4 Å². The van der Waals surface area contributed by atoms with Crippen molar-refractivity contribution in [1.29, 1.82) is 0 Å². The van der Waals surface area contributed by atoms with Crippen molar-refractivity contribution in [2.24, 2.45) is 5.92 Å². The number of hydrogen-bond donors (Lipinski definition) is 2. The summed E-state index contributed by atoms with van der Waals surface area (Å²) in [5.74, 6) is 0.943. The zero-order valence-corrected chi connectivity index (χ0v) is 15.6. The van der Waals surface area contributed by atoms with E-state index in [0.29, 0.717) is 12.1 Å². The van der Waals surface area contributed by atoms with Gasteiger partial charge in [-0.3, -0.25) is 9.69 Å². The molecule has 4 nitrogen and oxygen atoms in total. The molecule has 2 aliphatic rings. The zero-order valence-electron chi connectivity index (χ0n) is 14.8. The summed E-state index contributed by atoms with van der Waals surface area (Å²) >= 11 is 1.87. The average molecular weight is 350 g/mol. The minimum absolute atomic E-state index is 0.112. The molecule has 134 valence electrons. The number of amides is 1. The van der Waals surface area contributed by atoms with E-state index in [1.807, 2.05) is 11.3 Å². The van der Waals surface area contributed by atoms with Gasteiger partial charge in [-0.2, -0.15) is 0 Å². The third-order valence-electron chi connectivity index (χ3n) is 5.50. The SMILES string of the molecule is CC(=O)NC1CCC(NCC2CCN(Cc3cccs3)CC2)CC1. The van der Waals surface area contributed by atoms with Crippen LogP contribution in [0.15, 0.2) is 17.5 Å². The summed E-state index contributed by atoms with van der Waals surface area (Å²) in [7, 11) is 0. The Morgan fingerprint density at radius 1 is 1.17 bits per heavy atom. The molecule has 1 aliphatic heterocycles. The molecule has 0 aromatic carbocycles. The third kappa shape index (κ3) is 5.57. The molecule has 1 saturated heterocycles. The van der Waals surface area contributed by atoms with Gasteiger partial charge in [0.1, 0.15) is 0 Å². The van der Waals surface area contributed by atoms with Gasteiger partial charge in [-0.15, -0.1) is 11.3 Å². The van der Waals surface area contributed by atoms with Gasteiger partial charge in [0.15, 0.2) is 0 Å². The molecule has 1 aromatic rings. The Kier molecular flexibility index (Phi) is 6.69. The Balaban J connectivity index is 1.29. The summed E-state index contributed by atoms with van der Waals surface area (Å²) in [5, 5.41) is 9.03. The molecule has 2 heterocycles. The van der Waals surface area contributed by atoms with Gasteiger partial charge in [-0.1, -0.05) is 6.07 Å². The van der Waals surface area contributed by atoms with Crippen molar-refractivity contribution in [3.63, 3.8) is 0 Å². The van der Waals surface area contributed by atoms with Gasteiger partial charge >= 0.3 is 0 Å². The molecule has 0 atom stereocenters. The van der Waals surface area contributed by atoms with Gasteiger partial charge in [0.25, 0.3) is 0 Å². The Bertz CT molecular complexity index is 489. The van der Waals surface area contributed by atoms with Gasteiger partial charge in [-0.25, -0.2) is 0 Å². The highest BCUT2D eigenvalue weighted by atomic mass is 32.1. The topological polar surface area (TPSA) is 44.4 Å². The van der Waals surface area contributed by atoms with Crippen LogP contribution in [-0.2, 0) is 11.3 Å². The molecule has 0 bridgehead atoms. The van der Waals surface area contributed by atoms with Crippen molar-refractivity contribution in [2.75, 3.05) is 19.6 Å². The number of carbonyl (C=O) groups excluding carboxylic acids is 1. The van der Waals surface area contributed by atoms with Crippen LogP contribution in [0.5, 0.6) is 0 Å². The molecule has 0 radical (unpaired) electrons. The van der Waals surface area contributed by atoms with Crippen LogP contribution in [0.4, 0.5) is 0 Å². The minimum Gasteiger partial charge on any atom is -0.354 e. The van der Waals surface area contributed by atoms with Crippen LogP contribution in [0.25, 0.3) is 0 Å². The lowest BCUT2D eigenvalue weighted by atomic mass is 9.90. The molecule has 1 aliphatic carbocycles. The lowest BCUT2D eigenvalue weighted by Crippen LogP contribution is -2.44. The summed E-state index contributed by atoms with van der Waals surface area (Å²) in [6, 6.07) is 5.45. The molecule has 5 heteroatoms. The minimum atomic E-state index is 0.112. The fourth-order valence-corrected chi connectivity index (χ4v) is 4.78. The number of carbonyl (C=O) groups is 1. The van der Waals surface area contributed by atoms with E-state index >= 15 is 0 Å². The molecule has 3 rings (SSSR count). The quantitative estimate of drug-likeness (QED) is 0.830. The number of likely N-dealkylation sites (tertiary alicyclic amines) is 1. The number of nitrogens with one attached hydrogen (secondary N) is 2. The standard InChI is InChI=1S/C19H31N3OS/c1-15(23)21-18-6-4-17(5-7-18)20-13-16-8-10-22(11-9-16)14-19-3-2-12-24-19/h2-3,12,16-18,20H,4-11,13-14H2,1H3,(H,21,23). The van der Waals surface area contributed by atoms with E-state index in [-0.39, 0.29) is 5.91 Å². The Labute approximate surface area is 150 Å². The van der Waals surface area contributed by atoms with Crippen LogP contribution in [0.2, 0.25) is 0 Å². The smallest absolute Gasteiger partial charge is 0.217 e. The van der Waals surface area contributed by atoms with E-state index < -0.39 is 0 Å². The second-order valence-corrected chi connectivity index (χ2v) is 8.49. The van der Waals surface area contributed by atoms with Crippen molar-refractivity contribution in [3.8, 4) is 0 Å². The number of nitrogens with zero attached hydrogens (tertiary/aromatic N) is 1. The van der Waals surface area contributed by atoms with Crippen molar-refractivity contribution in [2.45, 2.75) is 64.1 Å². The molecule has 1 saturated carbocycles. The highest BCUT2D eigenvalue weighted by Crippen LogP contribution is 2.22. The third-order valence-corrected chi connectivity index (χ3v) is 6.36. The van der Waals surface area contributed by atoms with E-state index in [9.17, 15) is 4.79 Å². The summed E-state index contributed by atoms with van der Waals surface area (Å²) in [6.07, 6.45) is 7.27. The van der Waals surface area contributed by atoms with Gasteiger partial charge in [0, 0.05) is 30.4 Å². The first kappa shape index (κ1) is 17.9. The maximum atomic E-state index is 11.1. The van der Waals surface area contributed by atoms with E-state index in [0.717, 1.165) is 25.3 Å². The lowest BCUT2D eigenvalue weighted by molar-refractivity contribution is -0.119. The van der Waals surface area contributed by atoms with Gasteiger partial charge < -0.3 is 10.6 Å². The van der Waals surface area contributed by atoms with E-state index in [1.54, 1.807) is 6.92 Å². The largest absolute Gasteiger partial charge is 0.354 e. The number of rotatable bonds is 6. The van der Waals surface area contributed by atoms with Crippen LogP contribution in [0.1, 0.15) is 50.3 Å². The van der Waals surface area contributed by atoms with Crippen LogP contribution in [0, 0.1) is 5.92 Å². The molecule has 0 spiro atoms. The van der Waals surface area contributed by atoms with Crippen molar-refractivity contribution >= 4 is 17.2 Å². The van der Waals surface area contributed by atoms with E-state index in [2.05, 4.69) is 33.0 Å². The molecule has 24 heavy (non-hydrogen) atoms. The molecule has 2 N–H and O–H groups in total. The second kappa shape index (κ2) is 8.97. The van der Waals surface area contributed by atoms with Crippen LogP contribution in [-0.4, -0.2) is 42.5 Å². The normalized spacial score (nSPS) is 26.4. The van der Waals surface area contributed by atoms with Crippen molar-refractivity contribution in [1.82, 2.24) is 15.5 Å². The molecular weight excluding hydrogens is 318 g/mol. The number of thiophene rings is 1. The zero-order chi connectivity index (χ0) is 16.8. The summed E-state index contributed by atoms with van der Waals surface area (Å²) in [5.41, 5.74) is 0. The molecule has 2 fully saturated rings. The summed E-state index contributed by atoms with van der Waals surface area (Å²) in [4.78, 5) is 15.2. The first-order chi connectivity index (χ1) is 11.7. The monoisotopic (exact) mass is 349 g/mol. The Morgan fingerprint density at radius 3 is 2.50 bits per heavy atom. The van der Waals surface area contributed by atoms with E-state index in [4.69, 9.17) is 0 Å². The highest BCUT2D eigenvalue weighted by Gasteiger charge is 2.24. The van der Waals surface area contributed by atoms with Gasteiger partial charge in [0.05, 0.1) is 0 Å². The Morgan fingerprint density at radius 2 is 1.88 bits per heavy atom. The number of piperidine rings is 1. The maximum Gasteiger partial charge on any atom is 0.217 e. The molecule has 1 amide bonds. The maximum absolute atomic E-state index is 11.1. The van der Waals surface area contributed by atoms with Crippen LogP contribution in [0.3, 0.4) is 0 Å². The molecular formula is C19H31N3OS. The highest BCUT2D eigenvalue weighted by molar-refractivity contribution is 7.09. The number of hydrogen-bond acceptors (Lipinski definition) is 4. The van der Waals surface area contributed by atoms with Crippen LogP contribution >= 0.6 is 11.3 Å². The summed E-state index contributed by atoms with van der Waals surface area (Å²) in [6.45, 7) is 6.39. The first-order valence-electron chi connectivity index (χ1n) is 9.44. The predicted molar refractivity (Wildman–Crippen MR) is 100 cm³/mol. The first-order valence-corrected chi connectivity index (χ1v) is 10.3. The van der Waals surface area contributed by atoms with Gasteiger partial charge in [0.2, 0.25) is 5.91 Å². The molecule has 0 unspecified atom stereocenters. The lowest BCUT2D eigenvalue weighted by Gasteiger charge is -2.34. The van der Waals surface area contributed by atoms with Crippen LogP contribution < -0.4 is 10.6 Å². The fraction of sp³-hybridized carbons (Fsp3) is 0.737. The summed E-state index contributed by atoms with van der Waals surface area (Å²) < 4.78 is 0. The van der Waals surface area contributed by atoms with E-state index in [1.165, 1.54) is 50.2 Å².